The number of hydrogen-bond donors (Lipinski definition) is 1. The Kier molecular flexibility index (Phi) is 7.76. The first-order chi connectivity index (χ1) is 15.4. The molecule has 0 saturated carbocycles. The summed E-state index contributed by atoms with van der Waals surface area (Å²) in [5.74, 6) is 2.10. The Balaban J connectivity index is 2.08. The van der Waals surface area contributed by atoms with Gasteiger partial charge in [-0.3, -0.25) is 0 Å². The van der Waals surface area contributed by atoms with Crippen molar-refractivity contribution in [2.45, 2.75) is 34.2 Å². The molecule has 1 N–H and O–H groups in total. The first-order valence-electron chi connectivity index (χ1n) is 10.9. The molecule has 0 saturated heterocycles. The highest BCUT2D eigenvalue weighted by Crippen LogP contribution is 2.36. The molecule has 0 aliphatic rings. The van der Waals surface area contributed by atoms with Crippen molar-refractivity contribution >= 4 is 6.03 Å². The van der Waals surface area contributed by atoms with E-state index in [0.29, 0.717) is 42.9 Å². The predicted molar refractivity (Wildman–Crippen MR) is 126 cm³/mol. The van der Waals surface area contributed by atoms with Crippen LogP contribution in [-0.4, -0.2) is 40.9 Å². The van der Waals surface area contributed by atoms with Gasteiger partial charge in [0.1, 0.15) is 0 Å². The molecule has 0 bridgehead atoms. The number of aromatic nitrogens is 2. The van der Waals surface area contributed by atoms with Gasteiger partial charge in [0.25, 0.3) is 0 Å². The third-order valence-electron chi connectivity index (χ3n) is 4.96. The molecule has 0 fully saturated rings. The Bertz CT molecular complexity index is 1030. The van der Waals surface area contributed by atoms with Gasteiger partial charge in [0.2, 0.25) is 5.88 Å². The summed E-state index contributed by atoms with van der Waals surface area (Å²) in [5.41, 5.74) is 2.53. The zero-order valence-corrected chi connectivity index (χ0v) is 19.5. The number of benzene rings is 2. The van der Waals surface area contributed by atoms with Crippen molar-refractivity contribution in [1.29, 1.82) is 0 Å². The normalized spacial score (nSPS) is 10.8. The molecule has 0 spiro atoms. The average molecular weight is 437 g/mol. The van der Waals surface area contributed by atoms with E-state index in [4.69, 9.17) is 14.6 Å². The molecule has 1 aromatic heterocycles. The van der Waals surface area contributed by atoms with Gasteiger partial charge in [0, 0.05) is 13.1 Å². The number of rotatable bonds is 9. The Morgan fingerprint density at radius 1 is 1.09 bits per heavy atom. The summed E-state index contributed by atoms with van der Waals surface area (Å²) in [5, 5.41) is 7.68. The third kappa shape index (κ3) is 5.41. The molecule has 0 radical (unpaired) electrons. The monoisotopic (exact) mass is 436 g/mol. The second-order valence-corrected chi connectivity index (χ2v) is 7.98. The van der Waals surface area contributed by atoms with Crippen LogP contribution in [-0.2, 0) is 6.54 Å². The number of para-hydroxylation sites is 3. The summed E-state index contributed by atoms with van der Waals surface area (Å²) in [6.07, 6.45) is 0. The van der Waals surface area contributed by atoms with Gasteiger partial charge in [-0.2, -0.15) is 5.10 Å². The second kappa shape index (κ2) is 10.7. The van der Waals surface area contributed by atoms with Crippen LogP contribution in [0, 0.1) is 12.8 Å². The van der Waals surface area contributed by atoms with Crippen molar-refractivity contribution in [1.82, 2.24) is 20.0 Å². The van der Waals surface area contributed by atoms with Crippen molar-refractivity contribution in [2.75, 3.05) is 20.2 Å². The largest absolute Gasteiger partial charge is 0.493 e. The molecule has 0 aliphatic carbocycles. The van der Waals surface area contributed by atoms with Crippen molar-refractivity contribution in [3.63, 3.8) is 0 Å². The van der Waals surface area contributed by atoms with Crippen LogP contribution in [0.1, 0.15) is 32.0 Å². The molecule has 2 amide bonds. The minimum atomic E-state index is -0.101. The molecule has 7 heteroatoms. The summed E-state index contributed by atoms with van der Waals surface area (Å²) >= 11 is 0. The van der Waals surface area contributed by atoms with Crippen molar-refractivity contribution in [2.24, 2.45) is 5.92 Å². The zero-order chi connectivity index (χ0) is 23.1. The Labute approximate surface area is 190 Å². The van der Waals surface area contributed by atoms with Gasteiger partial charge in [-0.05, 0) is 44.0 Å². The number of carbonyl (C=O) groups is 1. The minimum Gasteiger partial charge on any atom is -0.493 e. The second-order valence-electron chi connectivity index (χ2n) is 7.98. The number of amides is 2. The van der Waals surface area contributed by atoms with Gasteiger partial charge in [-0.1, -0.05) is 44.2 Å². The maximum absolute atomic E-state index is 12.8. The maximum atomic E-state index is 12.8. The van der Waals surface area contributed by atoms with E-state index < -0.39 is 0 Å². The first-order valence-corrected chi connectivity index (χ1v) is 10.9. The highest BCUT2D eigenvalue weighted by molar-refractivity contribution is 5.74. The van der Waals surface area contributed by atoms with Crippen LogP contribution in [0.15, 0.2) is 54.6 Å². The van der Waals surface area contributed by atoms with Gasteiger partial charge in [-0.25, -0.2) is 9.48 Å². The lowest BCUT2D eigenvalue weighted by Crippen LogP contribution is -2.41. The van der Waals surface area contributed by atoms with Gasteiger partial charge in [0.15, 0.2) is 11.5 Å². The number of carbonyl (C=O) groups excluding carboxylic acids is 1. The number of nitrogens with zero attached hydrogens (tertiary/aromatic N) is 3. The third-order valence-corrected chi connectivity index (χ3v) is 4.96. The quantitative estimate of drug-likeness (QED) is 0.502. The van der Waals surface area contributed by atoms with Crippen LogP contribution >= 0.6 is 0 Å². The first kappa shape index (κ1) is 23.2. The smallest absolute Gasteiger partial charge is 0.317 e. The molecule has 0 aliphatic heterocycles. The SMILES string of the molecule is CCNC(=O)N(Cc1c(C)nn(-c2ccccc2)c1Oc1ccccc1OC)CC(C)C. The molecule has 3 aromatic rings. The summed E-state index contributed by atoms with van der Waals surface area (Å²) in [6, 6.07) is 17.2. The lowest BCUT2D eigenvalue weighted by Gasteiger charge is -2.25. The standard InChI is InChI=1S/C25H32N4O3/c1-6-26-25(30)28(16-18(2)3)17-21-19(4)27-29(20-12-8-7-9-13-20)24(21)32-23-15-11-10-14-22(23)31-5/h7-15,18H,6,16-17H2,1-5H3,(H,26,30). The lowest BCUT2D eigenvalue weighted by atomic mass is 10.1. The van der Waals surface area contributed by atoms with Crippen LogP contribution in [0.3, 0.4) is 0 Å². The van der Waals surface area contributed by atoms with Crippen molar-refractivity contribution in [3.8, 4) is 23.1 Å². The molecular formula is C25H32N4O3. The molecule has 7 nitrogen and oxygen atoms in total. The number of aryl methyl sites for hydroxylation is 1. The topological polar surface area (TPSA) is 68.6 Å². The number of nitrogens with one attached hydrogen (secondary N) is 1. The van der Waals surface area contributed by atoms with E-state index in [1.165, 1.54) is 0 Å². The van der Waals surface area contributed by atoms with Gasteiger partial charge in [0.05, 0.1) is 30.6 Å². The van der Waals surface area contributed by atoms with E-state index in [2.05, 4.69) is 19.2 Å². The Morgan fingerprint density at radius 2 is 1.75 bits per heavy atom. The molecule has 1 heterocycles. The molecule has 3 rings (SSSR count). The van der Waals surface area contributed by atoms with Crippen LogP contribution < -0.4 is 14.8 Å². The lowest BCUT2D eigenvalue weighted by molar-refractivity contribution is 0.187. The van der Waals surface area contributed by atoms with E-state index in [1.54, 1.807) is 11.8 Å². The molecule has 170 valence electrons. The Hall–Kier alpha value is -3.48. The maximum Gasteiger partial charge on any atom is 0.317 e. The average Bonchev–Trinajstić information content (AvgIpc) is 3.09. The highest BCUT2D eigenvalue weighted by atomic mass is 16.5. The summed E-state index contributed by atoms with van der Waals surface area (Å²) in [7, 11) is 1.61. The van der Waals surface area contributed by atoms with E-state index in [9.17, 15) is 4.79 Å². The highest BCUT2D eigenvalue weighted by Gasteiger charge is 2.24. The van der Waals surface area contributed by atoms with Crippen LogP contribution in [0.2, 0.25) is 0 Å². The van der Waals surface area contributed by atoms with E-state index >= 15 is 0 Å². The summed E-state index contributed by atoms with van der Waals surface area (Å²) < 4.78 is 13.7. The number of hydrogen-bond acceptors (Lipinski definition) is 4. The Morgan fingerprint density at radius 3 is 2.38 bits per heavy atom. The fourth-order valence-electron chi connectivity index (χ4n) is 3.49. The molecule has 0 unspecified atom stereocenters. The summed E-state index contributed by atoms with van der Waals surface area (Å²) in [4.78, 5) is 14.6. The molecular weight excluding hydrogens is 404 g/mol. The van der Waals surface area contributed by atoms with E-state index in [0.717, 1.165) is 16.9 Å². The molecule has 32 heavy (non-hydrogen) atoms. The van der Waals surface area contributed by atoms with Gasteiger partial charge < -0.3 is 19.7 Å². The van der Waals surface area contributed by atoms with Gasteiger partial charge >= 0.3 is 6.03 Å². The molecule has 2 aromatic carbocycles. The zero-order valence-electron chi connectivity index (χ0n) is 19.5. The fraction of sp³-hybridized carbons (Fsp3) is 0.360. The number of ether oxygens (including phenoxy) is 2. The van der Waals surface area contributed by atoms with Crippen LogP contribution in [0.25, 0.3) is 5.69 Å². The summed E-state index contributed by atoms with van der Waals surface area (Å²) in [6.45, 7) is 9.62. The van der Waals surface area contributed by atoms with E-state index in [1.807, 2.05) is 73.3 Å². The number of methoxy groups -OCH3 is 1. The van der Waals surface area contributed by atoms with Crippen molar-refractivity contribution < 1.29 is 14.3 Å². The van der Waals surface area contributed by atoms with E-state index in [-0.39, 0.29) is 6.03 Å². The fourth-order valence-corrected chi connectivity index (χ4v) is 3.49. The van der Waals surface area contributed by atoms with Crippen LogP contribution in [0.5, 0.6) is 17.4 Å². The van der Waals surface area contributed by atoms with Crippen LogP contribution in [0.4, 0.5) is 4.79 Å². The van der Waals surface area contributed by atoms with Gasteiger partial charge in [-0.15, -0.1) is 0 Å². The molecule has 0 atom stereocenters. The predicted octanol–water partition coefficient (Wildman–Crippen LogP) is 5.17. The minimum absolute atomic E-state index is 0.101. The van der Waals surface area contributed by atoms with Crippen molar-refractivity contribution in [3.05, 3.63) is 65.9 Å². The number of urea groups is 1.